The van der Waals surface area contributed by atoms with Crippen LogP contribution in [0.3, 0.4) is 0 Å². The Labute approximate surface area is 273 Å². The van der Waals surface area contributed by atoms with Crippen LogP contribution in [-0.2, 0) is 14.3 Å². The maximum absolute atomic E-state index is 16.0. The van der Waals surface area contributed by atoms with E-state index in [1.165, 1.54) is 6.07 Å². The number of halogens is 1. The smallest absolute Gasteiger partial charge is 0.276 e. The number of nitrogens with zero attached hydrogens (tertiary/aromatic N) is 4. The molecule has 5 fully saturated rings. The maximum atomic E-state index is 16.0. The summed E-state index contributed by atoms with van der Waals surface area (Å²) in [6, 6.07) is 2.28. The zero-order valence-corrected chi connectivity index (χ0v) is 26.8. The van der Waals surface area contributed by atoms with Crippen molar-refractivity contribution in [3.05, 3.63) is 34.9 Å². The van der Waals surface area contributed by atoms with E-state index in [0.29, 0.717) is 54.3 Å². The number of carbonyl (C=O) groups is 3. The average Bonchev–Trinajstić information content (AvgIpc) is 3.98. The van der Waals surface area contributed by atoms with E-state index in [4.69, 9.17) is 14.1 Å². The second-order valence-corrected chi connectivity index (χ2v) is 14.5. The van der Waals surface area contributed by atoms with E-state index in [0.717, 1.165) is 77.7 Å². The van der Waals surface area contributed by atoms with Crippen LogP contribution >= 0.6 is 0 Å². The first-order valence-electron chi connectivity index (χ1n) is 17.3. The number of carbonyl (C=O) groups excluding carboxylic acids is 3. The molecule has 2 aromatic rings. The number of likely N-dealkylation sites (tertiary alicyclic amines) is 2. The molecule has 3 amide bonds. The lowest BCUT2D eigenvalue weighted by Crippen LogP contribution is -2.58. The highest BCUT2D eigenvalue weighted by Crippen LogP contribution is 2.52. The van der Waals surface area contributed by atoms with Crippen molar-refractivity contribution in [2.45, 2.75) is 94.9 Å². The summed E-state index contributed by atoms with van der Waals surface area (Å²) in [5, 5.41) is 13.2. The summed E-state index contributed by atoms with van der Waals surface area (Å²) in [6.45, 7) is 5.48. The van der Waals surface area contributed by atoms with Gasteiger partial charge in [-0.3, -0.25) is 19.3 Å². The number of rotatable bonds is 9. The molecule has 1 unspecified atom stereocenters. The molecule has 13 heteroatoms. The summed E-state index contributed by atoms with van der Waals surface area (Å²) in [4.78, 5) is 44.8. The van der Waals surface area contributed by atoms with Crippen molar-refractivity contribution in [2.24, 2.45) is 17.8 Å². The van der Waals surface area contributed by atoms with Crippen LogP contribution in [0.15, 0.2) is 16.8 Å². The van der Waals surface area contributed by atoms with Crippen molar-refractivity contribution in [2.75, 3.05) is 38.2 Å². The van der Waals surface area contributed by atoms with Gasteiger partial charge in [0.15, 0.2) is 5.69 Å². The van der Waals surface area contributed by atoms with Gasteiger partial charge in [0.25, 0.3) is 5.91 Å². The van der Waals surface area contributed by atoms with Gasteiger partial charge in [-0.15, -0.1) is 0 Å². The van der Waals surface area contributed by atoms with Crippen molar-refractivity contribution in [3.63, 3.8) is 0 Å². The third kappa shape index (κ3) is 6.01. The number of anilines is 1. The Morgan fingerprint density at radius 1 is 1.04 bits per heavy atom. The van der Waals surface area contributed by atoms with Gasteiger partial charge in [0.1, 0.15) is 28.9 Å². The Hall–Kier alpha value is -3.58. The van der Waals surface area contributed by atoms with Crippen LogP contribution in [0.5, 0.6) is 5.75 Å². The number of piperidine rings is 2. The fourth-order valence-electron chi connectivity index (χ4n) is 8.31. The standard InChI is InChI=1S/C34H43FN6O6/c1-19-30(39-47-38-19)32(43)37-31(29(20-5-6-20)21-7-8-21)33(44)36-25-15-27-23(14-24(25)35)26(41-11-3-2-4-28(41)42)16-34(46-27)9-12-40(13-10-34)22-17-45-18-22/h14-15,20-22,26,29,31H,2-13,16-18H2,1H3,(H,36,44)(H,37,43)/t26?,31-/m0/s1. The minimum atomic E-state index is -0.875. The Balaban J connectivity index is 1.08. The van der Waals surface area contributed by atoms with Gasteiger partial charge in [0, 0.05) is 44.1 Å². The normalized spacial score (nSPS) is 25.2. The molecule has 0 bridgehead atoms. The molecule has 47 heavy (non-hydrogen) atoms. The number of nitrogens with one attached hydrogen (secondary N) is 2. The monoisotopic (exact) mass is 650 g/mol. The van der Waals surface area contributed by atoms with Crippen LogP contribution in [0, 0.1) is 30.5 Å². The predicted molar refractivity (Wildman–Crippen MR) is 166 cm³/mol. The van der Waals surface area contributed by atoms with E-state index in [2.05, 4.69) is 25.8 Å². The van der Waals surface area contributed by atoms with Gasteiger partial charge >= 0.3 is 0 Å². The summed E-state index contributed by atoms with van der Waals surface area (Å²) in [5.41, 5.74) is 0.502. The highest BCUT2D eigenvalue weighted by atomic mass is 19.1. The highest BCUT2D eigenvalue weighted by molar-refractivity contribution is 6.01. The molecule has 4 aliphatic heterocycles. The fraction of sp³-hybridized carbons (Fsp3) is 0.676. The van der Waals surface area contributed by atoms with E-state index in [1.54, 1.807) is 13.0 Å². The second-order valence-electron chi connectivity index (χ2n) is 14.5. The van der Waals surface area contributed by atoms with Crippen molar-refractivity contribution in [1.29, 1.82) is 0 Å². The second kappa shape index (κ2) is 12.1. The molecule has 0 radical (unpaired) electrons. The molecule has 1 aromatic carbocycles. The van der Waals surface area contributed by atoms with E-state index < -0.39 is 29.3 Å². The Kier molecular flexibility index (Phi) is 7.94. The van der Waals surface area contributed by atoms with E-state index in [9.17, 15) is 14.4 Å². The molecule has 252 valence electrons. The van der Waals surface area contributed by atoms with Crippen LogP contribution in [-0.4, -0.2) is 88.4 Å². The molecule has 8 rings (SSSR count). The summed E-state index contributed by atoms with van der Waals surface area (Å²) in [6.07, 6.45) is 8.44. The molecule has 1 spiro atoms. The molecular weight excluding hydrogens is 607 g/mol. The third-order valence-electron chi connectivity index (χ3n) is 11.3. The molecule has 2 aliphatic carbocycles. The number of aryl methyl sites for hydroxylation is 1. The predicted octanol–water partition coefficient (Wildman–Crippen LogP) is 3.76. The van der Waals surface area contributed by atoms with E-state index >= 15 is 4.39 Å². The van der Waals surface area contributed by atoms with Crippen LogP contribution in [0.1, 0.15) is 92.0 Å². The van der Waals surface area contributed by atoms with Gasteiger partial charge < -0.3 is 25.0 Å². The van der Waals surface area contributed by atoms with Crippen molar-refractivity contribution < 1.29 is 32.9 Å². The SMILES string of the molecule is Cc1nonc1C(=O)N[C@H](C(=O)Nc1cc2c(cc1F)C(N1CCCCC1=O)CC1(CCN(C3COC3)CC1)O2)C(C1CC1)C1CC1. The molecule has 6 aliphatic rings. The topological polar surface area (TPSA) is 139 Å². The fourth-order valence-corrected chi connectivity index (χ4v) is 8.31. The van der Waals surface area contributed by atoms with Crippen LogP contribution in [0.4, 0.5) is 10.1 Å². The molecule has 1 aromatic heterocycles. The molecule has 2 atom stereocenters. The van der Waals surface area contributed by atoms with Crippen LogP contribution in [0.25, 0.3) is 0 Å². The Morgan fingerprint density at radius 3 is 2.40 bits per heavy atom. The van der Waals surface area contributed by atoms with E-state index in [1.807, 2.05) is 4.90 Å². The minimum Gasteiger partial charge on any atom is -0.487 e. The van der Waals surface area contributed by atoms with Gasteiger partial charge in [-0.1, -0.05) is 5.16 Å². The summed E-state index contributed by atoms with van der Waals surface area (Å²) < 4.78 is 33.0. The number of ether oxygens (including phenoxy) is 2. The van der Waals surface area contributed by atoms with Gasteiger partial charge in [-0.2, -0.15) is 0 Å². The zero-order valence-electron chi connectivity index (χ0n) is 26.8. The summed E-state index contributed by atoms with van der Waals surface area (Å²) in [5.74, 6) is -0.420. The number of amides is 3. The van der Waals surface area contributed by atoms with Crippen LogP contribution in [0.2, 0.25) is 0 Å². The molecule has 3 saturated heterocycles. The summed E-state index contributed by atoms with van der Waals surface area (Å²) in [7, 11) is 0. The Morgan fingerprint density at radius 2 is 1.79 bits per heavy atom. The number of aromatic nitrogens is 2. The Bertz CT molecular complexity index is 1530. The van der Waals surface area contributed by atoms with Crippen LogP contribution < -0.4 is 15.4 Å². The lowest BCUT2D eigenvalue weighted by molar-refractivity contribution is -0.140. The molecule has 2 saturated carbocycles. The molecule has 2 N–H and O–H groups in total. The molecule has 5 heterocycles. The lowest BCUT2D eigenvalue weighted by atomic mass is 9.79. The first kappa shape index (κ1) is 30.7. The van der Waals surface area contributed by atoms with E-state index in [-0.39, 0.29) is 29.2 Å². The first-order valence-corrected chi connectivity index (χ1v) is 17.3. The highest BCUT2D eigenvalue weighted by Gasteiger charge is 2.50. The molecule has 12 nitrogen and oxygen atoms in total. The average molecular weight is 651 g/mol. The van der Waals surface area contributed by atoms with Crippen molar-refractivity contribution >= 4 is 23.4 Å². The third-order valence-corrected chi connectivity index (χ3v) is 11.3. The summed E-state index contributed by atoms with van der Waals surface area (Å²) >= 11 is 0. The first-order chi connectivity index (χ1) is 22.8. The van der Waals surface area contributed by atoms with Gasteiger partial charge in [-0.25, -0.2) is 9.02 Å². The van der Waals surface area contributed by atoms with Gasteiger partial charge in [-0.05, 0) is 87.3 Å². The lowest BCUT2D eigenvalue weighted by Gasteiger charge is -2.51. The number of hydrogen-bond acceptors (Lipinski definition) is 9. The van der Waals surface area contributed by atoms with Crippen molar-refractivity contribution in [1.82, 2.24) is 25.4 Å². The van der Waals surface area contributed by atoms with Crippen molar-refractivity contribution in [3.8, 4) is 5.75 Å². The van der Waals surface area contributed by atoms with Gasteiger partial charge in [0.05, 0.1) is 31.0 Å². The quantitative estimate of drug-likeness (QED) is 0.415. The number of benzene rings is 1. The van der Waals surface area contributed by atoms with Gasteiger partial charge in [0.2, 0.25) is 11.8 Å². The minimum absolute atomic E-state index is 0.00227. The largest absolute Gasteiger partial charge is 0.487 e. The molecular formula is C34H43FN6O6. The number of hydrogen-bond donors (Lipinski definition) is 2. The number of fused-ring (bicyclic) bond motifs is 1. The zero-order chi connectivity index (χ0) is 32.3. The maximum Gasteiger partial charge on any atom is 0.276 e.